The Hall–Kier alpha value is -2.81. The van der Waals surface area contributed by atoms with Crippen LogP contribution in [0.2, 0.25) is 0 Å². The normalized spacial score (nSPS) is 13.3. The van der Waals surface area contributed by atoms with Crippen LogP contribution in [0.3, 0.4) is 0 Å². The van der Waals surface area contributed by atoms with Gasteiger partial charge in [0.25, 0.3) is 5.91 Å². The van der Waals surface area contributed by atoms with Gasteiger partial charge in [-0.2, -0.15) is 0 Å². The topological polar surface area (TPSA) is 107 Å². The van der Waals surface area contributed by atoms with Crippen molar-refractivity contribution in [1.29, 1.82) is 0 Å². The quantitative estimate of drug-likeness (QED) is 0.782. The first-order valence-electron chi connectivity index (χ1n) is 8.32. The maximum atomic E-state index is 12.1. The average Bonchev–Trinajstić information content (AvgIpc) is 2.93. The van der Waals surface area contributed by atoms with Gasteiger partial charge in [0.15, 0.2) is 0 Å². The van der Waals surface area contributed by atoms with Crippen LogP contribution in [0.1, 0.15) is 29.8 Å². The molecule has 8 nitrogen and oxygen atoms in total. The van der Waals surface area contributed by atoms with Crippen LogP contribution in [-0.4, -0.2) is 38.8 Å². The Labute approximate surface area is 158 Å². The Bertz CT molecular complexity index is 1000. The van der Waals surface area contributed by atoms with Crippen LogP contribution in [0.5, 0.6) is 11.6 Å². The molecule has 1 amide bonds. The van der Waals surface area contributed by atoms with E-state index in [0.717, 1.165) is 17.4 Å². The van der Waals surface area contributed by atoms with Gasteiger partial charge in [-0.3, -0.25) is 9.52 Å². The molecule has 0 bridgehead atoms. The lowest BCUT2D eigenvalue weighted by Crippen LogP contribution is -2.12. The molecule has 27 heavy (non-hydrogen) atoms. The van der Waals surface area contributed by atoms with Crippen LogP contribution in [0.4, 0.5) is 5.69 Å². The summed E-state index contributed by atoms with van der Waals surface area (Å²) in [6.07, 6.45) is 2.57. The molecule has 0 fully saturated rings. The fourth-order valence-corrected chi connectivity index (χ4v) is 3.48. The van der Waals surface area contributed by atoms with Gasteiger partial charge in [0.05, 0.1) is 19.5 Å². The van der Waals surface area contributed by atoms with Crippen LogP contribution in [-0.2, 0) is 16.6 Å². The molecule has 1 aliphatic heterocycles. The predicted octanol–water partition coefficient (Wildman–Crippen LogP) is 2.16. The summed E-state index contributed by atoms with van der Waals surface area (Å²) >= 11 is 0. The highest BCUT2D eigenvalue weighted by Crippen LogP contribution is 2.36. The molecule has 0 unspecified atom stereocenters. The number of ether oxygens (including phenoxy) is 2. The molecule has 9 heteroatoms. The molecule has 0 saturated carbocycles. The number of sulfonamides is 1. The Morgan fingerprint density at radius 2 is 1.93 bits per heavy atom. The van der Waals surface area contributed by atoms with Gasteiger partial charge in [-0.15, -0.1) is 0 Å². The van der Waals surface area contributed by atoms with Crippen LogP contribution in [0.25, 0.3) is 11.1 Å². The van der Waals surface area contributed by atoms with E-state index in [9.17, 15) is 13.2 Å². The van der Waals surface area contributed by atoms with Gasteiger partial charge in [0, 0.05) is 23.9 Å². The molecule has 2 heterocycles. The number of amides is 1. The lowest BCUT2D eigenvalue weighted by Gasteiger charge is -2.15. The van der Waals surface area contributed by atoms with E-state index in [1.807, 2.05) is 19.9 Å². The van der Waals surface area contributed by atoms with E-state index in [1.165, 1.54) is 7.11 Å². The summed E-state index contributed by atoms with van der Waals surface area (Å²) in [4.78, 5) is 16.3. The number of nitrogens with zero attached hydrogens (tertiary/aromatic N) is 1. The summed E-state index contributed by atoms with van der Waals surface area (Å²) in [5.74, 6) is 0.547. The molecule has 2 N–H and O–H groups in total. The van der Waals surface area contributed by atoms with E-state index >= 15 is 0 Å². The van der Waals surface area contributed by atoms with Gasteiger partial charge in [-0.1, -0.05) is 0 Å². The minimum Gasteiger partial charge on any atom is -0.491 e. The summed E-state index contributed by atoms with van der Waals surface area (Å²) in [6.45, 7) is 4.18. The molecule has 0 saturated heterocycles. The zero-order chi connectivity index (χ0) is 19.8. The number of nitrogens with one attached hydrogen (secondary N) is 2. The molecule has 0 aliphatic carbocycles. The second-order valence-corrected chi connectivity index (χ2v) is 8.25. The Kier molecular flexibility index (Phi) is 4.97. The number of carbonyl (C=O) groups is 1. The molecular formula is C18H21N3O5S. The van der Waals surface area contributed by atoms with Crippen molar-refractivity contribution in [3.8, 4) is 22.8 Å². The van der Waals surface area contributed by atoms with Crippen molar-refractivity contribution in [2.45, 2.75) is 26.5 Å². The van der Waals surface area contributed by atoms with Crippen molar-refractivity contribution < 1.29 is 22.7 Å². The lowest BCUT2D eigenvalue weighted by atomic mass is 9.97. The Morgan fingerprint density at radius 1 is 1.22 bits per heavy atom. The largest absolute Gasteiger partial charge is 0.491 e. The summed E-state index contributed by atoms with van der Waals surface area (Å²) < 4.78 is 36.6. The van der Waals surface area contributed by atoms with Crippen molar-refractivity contribution in [3.63, 3.8) is 0 Å². The second-order valence-electron chi connectivity index (χ2n) is 6.50. The first-order valence-corrected chi connectivity index (χ1v) is 10.2. The molecule has 1 aromatic heterocycles. The van der Waals surface area contributed by atoms with Crippen molar-refractivity contribution in [2.75, 3.05) is 18.1 Å². The van der Waals surface area contributed by atoms with Crippen LogP contribution in [0.15, 0.2) is 24.4 Å². The van der Waals surface area contributed by atoms with E-state index < -0.39 is 10.0 Å². The highest BCUT2D eigenvalue weighted by atomic mass is 32.2. The smallest absolute Gasteiger partial charge is 0.252 e. The van der Waals surface area contributed by atoms with Crippen LogP contribution < -0.4 is 19.5 Å². The van der Waals surface area contributed by atoms with Gasteiger partial charge >= 0.3 is 0 Å². The third-order valence-corrected chi connectivity index (χ3v) is 4.51. The number of hydrogen-bond donors (Lipinski definition) is 2. The Morgan fingerprint density at radius 3 is 2.56 bits per heavy atom. The first-order chi connectivity index (χ1) is 12.7. The standard InChI is InChI=1S/C18H21N3O5S/c1-10(2)26-12-6-13(15-9-19-17(22)14(15)7-12)11-5-16(21-27(4,23)24)18(25-3)20-8-11/h5-8,10,21H,9H2,1-4H3,(H,19,22). The maximum absolute atomic E-state index is 12.1. The number of rotatable bonds is 6. The number of aromatic nitrogens is 1. The molecule has 0 spiro atoms. The summed E-state index contributed by atoms with van der Waals surface area (Å²) in [5.41, 5.74) is 2.96. The fraction of sp³-hybridized carbons (Fsp3) is 0.333. The number of carbonyl (C=O) groups excluding carboxylic acids is 1. The maximum Gasteiger partial charge on any atom is 0.252 e. The number of fused-ring (bicyclic) bond motifs is 1. The number of benzene rings is 1. The number of methoxy groups -OCH3 is 1. The average molecular weight is 391 g/mol. The van der Waals surface area contributed by atoms with Gasteiger partial charge in [-0.25, -0.2) is 13.4 Å². The van der Waals surface area contributed by atoms with E-state index in [2.05, 4.69) is 15.0 Å². The summed E-state index contributed by atoms with van der Waals surface area (Å²) in [6, 6.07) is 5.17. The van der Waals surface area contributed by atoms with E-state index in [4.69, 9.17) is 9.47 Å². The minimum absolute atomic E-state index is 0.0585. The van der Waals surface area contributed by atoms with Crippen LogP contribution >= 0.6 is 0 Å². The summed E-state index contributed by atoms with van der Waals surface area (Å²) in [5, 5.41) is 2.80. The minimum atomic E-state index is -3.51. The molecule has 2 aromatic rings. The second kappa shape index (κ2) is 7.07. The zero-order valence-electron chi connectivity index (χ0n) is 15.5. The van der Waals surface area contributed by atoms with Crippen molar-refractivity contribution in [1.82, 2.24) is 10.3 Å². The van der Waals surface area contributed by atoms with E-state index in [-0.39, 0.29) is 23.6 Å². The molecule has 1 aliphatic rings. The SMILES string of the molecule is COc1ncc(-c2cc(OC(C)C)cc3c2CNC3=O)cc1NS(C)(=O)=O. The highest BCUT2D eigenvalue weighted by molar-refractivity contribution is 7.92. The molecule has 0 atom stereocenters. The number of anilines is 1. The fourth-order valence-electron chi connectivity index (χ4n) is 2.94. The van der Waals surface area contributed by atoms with Crippen LogP contribution in [0, 0.1) is 0 Å². The van der Waals surface area contributed by atoms with Gasteiger partial charge in [0.2, 0.25) is 15.9 Å². The predicted molar refractivity (Wildman–Crippen MR) is 102 cm³/mol. The van der Waals surface area contributed by atoms with Crippen molar-refractivity contribution in [3.05, 3.63) is 35.5 Å². The highest BCUT2D eigenvalue weighted by Gasteiger charge is 2.25. The van der Waals surface area contributed by atoms with Crippen molar-refractivity contribution in [2.24, 2.45) is 0 Å². The monoisotopic (exact) mass is 391 g/mol. The zero-order valence-corrected chi connectivity index (χ0v) is 16.3. The first kappa shape index (κ1) is 19.0. The van der Waals surface area contributed by atoms with Gasteiger partial charge in [0.1, 0.15) is 11.4 Å². The molecule has 1 aromatic carbocycles. The Balaban J connectivity index is 2.16. The third kappa shape index (κ3) is 4.13. The van der Waals surface area contributed by atoms with Gasteiger partial charge in [-0.05, 0) is 43.2 Å². The summed E-state index contributed by atoms with van der Waals surface area (Å²) in [7, 11) is -2.10. The number of pyridine rings is 1. The number of hydrogen-bond acceptors (Lipinski definition) is 6. The molecular weight excluding hydrogens is 370 g/mol. The lowest BCUT2D eigenvalue weighted by molar-refractivity contribution is 0.0965. The molecule has 144 valence electrons. The van der Waals surface area contributed by atoms with Crippen molar-refractivity contribution >= 4 is 21.6 Å². The molecule has 3 rings (SSSR count). The van der Waals surface area contributed by atoms with E-state index in [0.29, 0.717) is 23.4 Å². The van der Waals surface area contributed by atoms with E-state index in [1.54, 1.807) is 18.3 Å². The van der Waals surface area contributed by atoms with Gasteiger partial charge < -0.3 is 14.8 Å². The third-order valence-electron chi connectivity index (χ3n) is 3.92. The molecule has 0 radical (unpaired) electrons.